The van der Waals surface area contributed by atoms with E-state index in [1.54, 1.807) is 7.05 Å². The van der Waals surface area contributed by atoms with Crippen LogP contribution in [0, 0.1) is 0 Å². The molecule has 0 bridgehead atoms. The predicted octanol–water partition coefficient (Wildman–Crippen LogP) is 3.81. The quantitative estimate of drug-likeness (QED) is 0.336. The number of imidazole rings is 1. The lowest BCUT2D eigenvalue weighted by Gasteiger charge is -2.21. The zero-order valence-electron chi connectivity index (χ0n) is 19.0. The molecule has 0 aliphatic heterocycles. The van der Waals surface area contributed by atoms with Crippen LogP contribution in [-0.2, 0) is 13.1 Å². The maximum absolute atomic E-state index is 11.8. The van der Waals surface area contributed by atoms with Crippen LogP contribution >= 0.6 is 0 Å². The number of benzene rings is 2. The second-order valence-electron chi connectivity index (χ2n) is 7.82. The largest absolute Gasteiger partial charge is 0.352 e. The van der Waals surface area contributed by atoms with Crippen LogP contribution in [0.1, 0.15) is 25.2 Å². The highest BCUT2D eigenvalue weighted by Gasteiger charge is 2.10. The van der Waals surface area contributed by atoms with E-state index in [2.05, 4.69) is 43.0 Å². The van der Waals surface area contributed by atoms with Crippen molar-refractivity contribution in [2.75, 3.05) is 19.4 Å². The Labute approximate surface area is 189 Å². The first-order chi connectivity index (χ1) is 15.4. The van der Waals surface area contributed by atoms with Crippen molar-refractivity contribution in [1.29, 1.82) is 0 Å². The summed E-state index contributed by atoms with van der Waals surface area (Å²) in [6.07, 6.45) is 1.85. The average molecular weight is 434 g/mol. The number of aliphatic imine (C=N–C) groups is 1. The van der Waals surface area contributed by atoms with Crippen LogP contribution in [0.4, 0.5) is 10.5 Å². The van der Waals surface area contributed by atoms with Crippen molar-refractivity contribution in [1.82, 2.24) is 25.5 Å². The Balaban J connectivity index is 1.52. The number of amides is 2. The van der Waals surface area contributed by atoms with E-state index in [0.717, 1.165) is 34.3 Å². The summed E-state index contributed by atoms with van der Waals surface area (Å²) in [5, 5.41) is 8.99. The number of rotatable bonds is 7. The summed E-state index contributed by atoms with van der Waals surface area (Å²) in [7, 11) is 3.73. The lowest BCUT2D eigenvalue weighted by atomic mass is 10.2. The summed E-state index contributed by atoms with van der Waals surface area (Å²) >= 11 is 0. The molecule has 0 spiro atoms. The minimum absolute atomic E-state index is 0.0910. The molecule has 0 unspecified atom stereocenters. The number of aromatic nitrogens is 2. The van der Waals surface area contributed by atoms with Gasteiger partial charge in [-0.1, -0.05) is 42.5 Å². The third-order valence-corrected chi connectivity index (χ3v) is 4.76. The van der Waals surface area contributed by atoms with Gasteiger partial charge in [0, 0.05) is 32.4 Å². The Morgan fingerprint density at radius 2 is 1.84 bits per heavy atom. The zero-order valence-corrected chi connectivity index (χ0v) is 19.0. The summed E-state index contributed by atoms with van der Waals surface area (Å²) in [4.78, 5) is 26.1. The summed E-state index contributed by atoms with van der Waals surface area (Å²) in [6, 6.07) is 17.7. The number of carbonyl (C=O) groups is 1. The molecule has 1 aromatic heterocycles. The minimum Gasteiger partial charge on any atom is -0.352 e. The van der Waals surface area contributed by atoms with Gasteiger partial charge in [0.2, 0.25) is 0 Å². The van der Waals surface area contributed by atoms with Gasteiger partial charge in [-0.2, -0.15) is 0 Å². The lowest BCUT2D eigenvalue weighted by molar-refractivity contribution is 0.250. The van der Waals surface area contributed by atoms with E-state index in [9.17, 15) is 4.79 Å². The van der Waals surface area contributed by atoms with Gasteiger partial charge in [0.15, 0.2) is 5.96 Å². The Bertz CT molecular complexity index is 1030. The summed E-state index contributed by atoms with van der Waals surface area (Å²) in [6.45, 7) is 5.06. The molecule has 8 nitrogen and oxygen atoms in total. The number of nitrogens with zero attached hydrogens (tertiary/aromatic N) is 3. The highest BCUT2D eigenvalue weighted by Crippen LogP contribution is 2.16. The molecule has 0 saturated heterocycles. The minimum atomic E-state index is -0.207. The third kappa shape index (κ3) is 6.60. The third-order valence-electron chi connectivity index (χ3n) is 4.76. The van der Waals surface area contributed by atoms with Gasteiger partial charge in [0.05, 0.1) is 18.4 Å². The van der Waals surface area contributed by atoms with Crippen LogP contribution in [0.5, 0.6) is 0 Å². The van der Waals surface area contributed by atoms with Crippen LogP contribution in [0.3, 0.4) is 0 Å². The van der Waals surface area contributed by atoms with Crippen molar-refractivity contribution >= 4 is 17.7 Å². The molecule has 0 radical (unpaired) electrons. The number of nitrogens with one attached hydrogen (secondary N) is 4. The molecule has 1 heterocycles. The van der Waals surface area contributed by atoms with Crippen LogP contribution in [0.25, 0.3) is 11.3 Å². The number of guanidine groups is 1. The first-order valence-corrected chi connectivity index (χ1v) is 10.6. The van der Waals surface area contributed by atoms with E-state index in [0.29, 0.717) is 13.1 Å². The van der Waals surface area contributed by atoms with Gasteiger partial charge < -0.3 is 25.8 Å². The molecule has 2 aromatic carbocycles. The van der Waals surface area contributed by atoms with Crippen LogP contribution in [0.2, 0.25) is 0 Å². The fourth-order valence-corrected chi connectivity index (χ4v) is 3.21. The molecule has 0 aliphatic carbocycles. The molecule has 0 aliphatic rings. The fourth-order valence-electron chi connectivity index (χ4n) is 3.21. The molecule has 4 N–H and O–H groups in total. The molecule has 0 saturated carbocycles. The van der Waals surface area contributed by atoms with Gasteiger partial charge >= 0.3 is 6.03 Å². The highest BCUT2D eigenvalue weighted by molar-refractivity contribution is 5.89. The van der Waals surface area contributed by atoms with Gasteiger partial charge in [-0.25, -0.2) is 9.78 Å². The highest BCUT2D eigenvalue weighted by atomic mass is 16.2. The second-order valence-corrected chi connectivity index (χ2v) is 7.82. The number of urea groups is 1. The number of hydrogen-bond acceptors (Lipinski definition) is 3. The van der Waals surface area contributed by atoms with E-state index >= 15 is 0 Å². The number of anilines is 1. The summed E-state index contributed by atoms with van der Waals surface area (Å²) in [5.74, 6) is 1.63. The van der Waals surface area contributed by atoms with E-state index in [-0.39, 0.29) is 12.1 Å². The van der Waals surface area contributed by atoms with Gasteiger partial charge in [-0.15, -0.1) is 0 Å². The molecular formula is C24H31N7O. The van der Waals surface area contributed by atoms with Crippen LogP contribution in [-0.4, -0.2) is 47.0 Å². The zero-order chi connectivity index (χ0) is 22.9. The van der Waals surface area contributed by atoms with Crippen molar-refractivity contribution in [2.24, 2.45) is 4.99 Å². The number of carbonyl (C=O) groups excluding carboxylic acids is 1. The average Bonchev–Trinajstić information content (AvgIpc) is 3.24. The standard InChI is InChI=1S/C24H31N7O/c1-17(2)28-24(32)29-20-12-10-18(11-13-20)14-27-23(25-3)31(4)16-22-26-15-21(30-22)19-8-6-5-7-9-19/h5-13,15,17H,14,16H2,1-4H3,(H,25,27)(H,26,30)(H2,28,29,32). The Kier molecular flexibility index (Phi) is 7.85. The smallest absolute Gasteiger partial charge is 0.319 e. The monoisotopic (exact) mass is 433 g/mol. The molecule has 3 aromatic rings. The van der Waals surface area contributed by atoms with E-state index in [1.165, 1.54) is 0 Å². The fraction of sp³-hybridized carbons (Fsp3) is 0.292. The van der Waals surface area contributed by atoms with Crippen molar-refractivity contribution in [3.63, 3.8) is 0 Å². The van der Waals surface area contributed by atoms with Crippen LogP contribution in [0.15, 0.2) is 65.8 Å². The normalized spacial score (nSPS) is 11.3. The second kappa shape index (κ2) is 11.0. The predicted molar refractivity (Wildman–Crippen MR) is 129 cm³/mol. The van der Waals surface area contributed by atoms with Gasteiger partial charge in [-0.05, 0) is 37.1 Å². The van der Waals surface area contributed by atoms with Crippen molar-refractivity contribution < 1.29 is 4.79 Å². The van der Waals surface area contributed by atoms with Crippen LogP contribution < -0.4 is 16.0 Å². The molecule has 8 heteroatoms. The molecule has 0 atom stereocenters. The molecule has 0 fully saturated rings. The Morgan fingerprint density at radius 3 is 2.50 bits per heavy atom. The van der Waals surface area contributed by atoms with Crippen molar-refractivity contribution in [2.45, 2.75) is 33.0 Å². The van der Waals surface area contributed by atoms with E-state index in [4.69, 9.17) is 0 Å². The maximum Gasteiger partial charge on any atom is 0.319 e. The summed E-state index contributed by atoms with van der Waals surface area (Å²) in [5.41, 5.74) is 3.93. The van der Waals surface area contributed by atoms with Gasteiger partial charge in [-0.3, -0.25) is 4.99 Å². The molecule has 3 rings (SSSR count). The maximum atomic E-state index is 11.8. The number of aromatic amines is 1. The first-order valence-electron chi connectivity index (χ1n) is 10.6. The molecule has 168 valence electrons. The SMILES string of the molecule is CN=C(NCc1ccc(NC(=O)NC(C)C)cc1)N(C)Cc1ncc(-c2ccccc2)[nH]1. The molecule has 2 amide bonds. The van der Waals surface area contributed by atoms with E-state index in [1.807, 2.05) is 74.5 Å². The number of hydrogen-bond donors (Lipinski definition) is 4. The first kappa shape index (κ1) is 22.9. The van der Waals surface area contributed by atoms with E-state index < -0.39 is 0 Å². The lowest BCUT2D eigenvalue weighted by Crippen LogP contribution is -2.38. The number of H-pyrrole nitrogens is 1. The van der Waals surface area contributed by atoms with Gasteiger partial charge in [0.1, 0.15) is 5.82 Å². The Morgan fingerprint density at radius 1 is 1.12 bits per heavy atom. The van der Waals surface area contributed by atoms with Crippen molar-refractivity contribution in [3.8, 4) is 11.3 Å². The van der Waals surface area contributed by atoms with Crippen molar-refractivity contribution in [3.05, 3.63) is 72.2 Å². The Hall–Kier alpha value is -3.81. The topological polar surface area (TPSA) is 97.4 Å². The molecule has 32 heavy (non-hydrogen) atoms. The summed E-state index contributed by atoms with van der Waals surface area (Å²) < 4.78 is 0. The molecular weight excluding hydrogens is 402 g/mol. The van der Waals surface area contributed by atoms with Gasteiger partial charge in [0.25, 0.3) is 0 Å².